The molecule has 2 nitrogen and oxygen atoms in total. The maximum Gasteiger partial charge on any atom is 0.228 e. The average molecular weight is 312 g/mol. The molecule has 1 aliphatic rings. The lowest BCUT2D eigenvalue weighted by molar-refractivity contribution is -0.118. The Bertz CT molecular complexity index is 574. The molecule has 0 heterocycles. The number of hydrogen-bond acceptors (Lipinski definition) is 1. The Morgan fingerprint density at radius 2 is 1.90 bits per heavy atom. The Balaban J connectivity index is 2.10. The fraction of sp³-hybridized carbons (Fsp3) is 0.438. The van der Waals surface area contributed by atoms with E-state index in [1.807, 2.05) is 32.0 Å². The molecular weight excluding hydrogens is 293 g/mol. The second-order valence-electron chi connectivity index (χ2n) is 6.07. The minimum Gasteiger partial charge on any atom is -0.326 e. The standard InChI is InChI=1S/C16H19Cl2NO/c1-9-5-6-11(7-10(9)2)19-15(20)14-12(8-13(17)18)16(14,3)4/h5-8,12,14H,1-4H3,(H,19,20). The molecule has 1 N–H and O–H groups in total. The van der Waals surface area contributed by atoms with Gasteiger partial charge in [-0.15, -0.1) is 0 Å². The highest BCUT2D eigenvalue weighted by Crippen LogP contribution is 2.60. The van der Waals surface area contributed by atoms with Crippen LogP contribution in [0.4, 0.5) is 5.69 Å². The molecule has 4 heteroatoms. The predicted molar refractivity (Wildman–Crippen MR) is 85.1 cm³/mol. The van der Waals surface area contributed by atoms with Gasteiger partial charge in [-0.2, -0.15) is 0 Å². The summed E-state index contributed by atoms with van der Waals surface area (Å²) in [7, 11) is 0. The molecule has 2 unspecified atom stereocenters. The Morgan fingerprint density at radius 1 is 1.25 bits per heavy atom. The van der Waals surface area contributed by atoms with E-state index in [1.165, 1.54) is 5.56 Å². The predicted octanol–water partition coefficient (Wildman–Crippen LogP) is 4.83. The molecule has 0 saturated heterocycles. The molecule has 20 heavy (non-hydrogen) atoms. The minimum atomic E-state index is -0.0984. The summed E-state index contributed by atoms with van der Waals surface area (Å²) >= 11 is 11.4. The smallest absolute Gasteiger partial charge is 0.228 e. The summed E-state index contributed by atoms with van der Waals surface area (Å²) in [6, 6.07) is 5.92. The summed E-state index contributed by atoms with van der Waals surface area (Å²) in [5, 5.41) is 2.98. The van der Waals surface area contributed by atoms with Crippen molar-refractivity contribution in [1.29, 1.82) is 0 Å². The van der Waals surface area contributed by atoms with Gasteiger partial charge in [0.25, 0.3) is 0 Å². The van der Waals surface area contributed by atoms with Crippen molar-refractivity contribution in [3.63, 3.8) is 0 Å². The van der Waals surface area contributed by atoms with Crippen LogP contribution in [0.3, 0.4) is 0 Å². The first-order valence-corrected chi connectivity index (χ1v) is 7.40. The molecule has 0 aromatic heterocycles. The van der Waals surface area contributed by atoms with Crippen molar-refractivity contribution in [3.05, 3.63) is 39.9 Å². The highest BCUT2D eigenvalue weighted by Gasteiger charge is 2.60. The van der Waals surface area contributed by atoms with Crippen LogP contribution >= 0.6 is 23.2 Å². The normalized spacial score (nSPS) is 23.1. The van der Waals surface area contributed by atoms with Gasteiger partial charge in [0.15, 0.2) is 0 Å². The number of carbonyl (C=O) groups excluding carboxylic acids is 1. The quantitative estimate of drug-likeness (QED) is 0.850. The lowest BCUT2D eigenvalue weighted by Gasteiger charge is -2.08. The largest absolute Gasteiger partial charge is 0.326 e. The topological polar surface area (TPSA) is 29.1 Å². The zero-order valence-corrected chi connectivity index (χ0v) is 13.6. The van der Waals surface area contributed by atoms with Gasteiger partial charge in [0.2, 0.25) is 5.91 Å². The molecule has 0 bridgehead atoms. The molecule has 0 radical (unpaired) electrons. The van der Waals surface area contributed by atoms with Crippen LogP contribution in [0.1, 0.15) is 25.0 Å². The van der Waals surface area contributed by atoms with E-state index in [0.717, 1.165) is 11.3 Å². The molecule has 1 amide bonds. The van der Waals surface area contributed by atoms with Crippen molar-refractivity contribution in [2.45, 2.75) is 27.7 Å². The van der Waals surface area contributed by atoms with E-state index in [9.17, 15) is 4.79 Å². The van der Waals surface area contributed by atoms with Crippen LogP contribution in [0.15, 0.2) is 28.8 Å². The van der Waals surface area contributed by atoms with Crippen molar-refractivity contribution < 1.29 is 4.79 Å². The van der Waals surface area contributed by atoms with E-state index in [0.29, 0.717) is 0 Å². The molecule has 1 aromatic carbocycles. The van der Waals surface area contributed by atoms with E-state index in [2.05, 4.69) is 19.2 Å². The number of anilines is 1. The van der Waals surface area contributed by atoms with Gasteiger partial charge < -0.3 is 5.32 Å². The van der Waals surface area contributed by atoms with Crippen LogP contribution in [0.25, 0.3) is 0 Å². The Hall–Kier alpha value is -0.990. The first kappa shape index (κ1) is 15.4. The molecule has 2 rings (SSSR count). The van der Waals surface area contributed by atoms with E-state index in [1.54, 1.807) is 6.08 Å². The number of hydrogen-bond donors (Lipinski definition) is 1. The third-order valence-electron chi connectivity index (χ3n) is 4.27. The van der Waals surface area contributed by atoms with Gasteiger partial charge >= 0.3 is 0 Å². The van der Waals surface area contributed by atoms with Crippen LogP contribution in [-0.4, -0.2) is 5.91 Å². The summed E-state index contributed by atoms with van der Waals surface area (Å²) in [6.07, 6.45) is 1.76. The van der Waals surface area contributed by atoms with Gasteiger partial charge in [0, 0.05) is 5.69 Å². The van der Waals surface area contributed by atoms with Crippen molar-refractivity contribution >= 4 is 34.8 Å². The van der Waals surface area contributed by atoms with E-state index >= 15 is 0 Å². The van der Waals surface area contributed by atoms with E-state index in [-0.39, 0.29) is 27.6 Å². The summed E-state index contributed by atoms with van der Waals surface area (Å²) < 4.78 is 0.226. The van der Waals surface area contributed by atoms with E-state index in [4.69, 9.17) is 23.2 Å². The zero-order chi connectivity index (χ0) is 15.1. The minimum absolute atomic E-state index is 0.0223. The molecule has 1 saturated carbocycles. The van der Waals surface area contributed by atoms with Crippen LogP contribution in [0, 0.1) is 31.1 Å². The molecule has 1 aliphatic carbocycles. The number of halogens is 2. The molecule has 2 atom stereocenters. The zero-order valence-electron chi connectivity index (χ0n) is 12.1. The van der Waals surface area contributed by atoms with Crippen molar-refractivity contribution in [2.24, 2.45) is 17.3 Å². The second-order valence-corrected chi connectivity index (χ2v) is 7.08. The van der Waals surface area contributed by atoms with Gasteiger partial charge in [-0.05, 0) is 54.5 Å². The van der Waals surface area contributed by atoms with Gasteiger partial charge in [-0.1, -0.05) is 43.1 Å². The maximum atomic E-state index is 12.4. The third-order valence-corrected chi connectivity index (χ3v) is 4.53. The highest BCUT2D eigenvalue weighted by atomic mass is 35.5. The lowest BCUT2D eigenvalue weighted by atomic mass is 10.1. The Morgan fingerprint density at radius 3 is 2.45 bits per heavy atom. The monoisotopic (exact) mass is 311 g/mol. The summed E-state index contributed by atoms with van der Waals surface area (Å²) in [5.41, 5.74) is 3.11. The van der Waals surface area contributed by atoms with Crippen molar-refractivity contribution in [2.75, 3.05) is 5.32 Å². The average Bonchev–Trinajstić information content (AvgIpc) is 2.84. The van der Waals surface area contributed by atoms with Crippen LogP contribution in [0.5, 0.6) is 0 Å². The molecular formula is C16H19Cl2NO. The number of rotatable bonds is 3. The molecule has 1 aromatic rings. The number of carbonyl (C=O) groups is 1. The first-order valence-electron chi connectivity index (χ1n) is 6.64. The number of allylic oxidation sites excluding steroid dienone is 1. The number of aryl methyl sites for hydroxylation is 2. The van der Waals surface area contributed by atoms with Crippen LogP contribution in [0.2, 0.25) is 0 Å². The number of benzene rings is 1. The van der Waals surface area contributed by atoms with Gasteiger partial charge in [-0.3, -0.25) is 4.79 Å². The Labute approximate surface area is 130 Å². The molecule has 1 fully saturated rings. The number of nitrogens with one attached hydrogen (secondary N) is 1. The summed E-state index contributed by atoms with van der Waals surface area (Å²) in [5.74, 6) is 0.0322. The summed E-state index contributed by atoms with van der Waals surface area (Å²) in [4.78, 5) is 12.4. The van der Waals surface area contributed by atoms with Crippen LogP contribution < -0.4 is 5.32 Å². The fourth-order valence-corrected chi connectivity index (χ4v) is 2.94. The molecule has 0 spiro atoms. The summed E-state index contributed by atoms with van der Waals surface area (Å²) in [6.45, 7) is 8.18. The van der Waals surface area contributed by atoms with Crippen molar-refractivity contribution in [3.8, 4) is 0 Å². The second kappa shape index (κ2) is 5.42. The van der Waals surface area contributed by atoms with Gasteiger partial charge in [0.05, 0.1) is 5.92 Å². The maximum absolute atomic E-state index is 12.4. The first-order chi connectivity index (χ1) is 9.23. The third kappa shape index (κ3) is 3.02. The SMILES string of the molecule is Cc1ccc(NC(=O)C2C(C=C(Cl)Cl)C2(C)C)cc1C. The Kier molecular flexibility index (Phi) is 4.17. The molecule has 0 aliphatic heterocycles. The fourth-order valence-electron chi connectivity index (χ4n) is 2.66. The van der Waals surface area contributed by atoms with Gasteiger partial charge in [0.1, 0.15) is 4.49 Å². The molecule has 108 valence electrons. The van der Waals surface area contributed by atoms with Crippen molar-refractivity contribution in [1.82, 2.24) is 0 Å². The van der Waals surface area contributed by atoms with Gasteiger partial charge in [-0.25, -0.2) is 0 Å². The van der Waals surface area contributed by atoms with Crippen LogP contribution in [-0.2, 0) is 4.79 Å². The lowest BCUT2D eigenvalue weighted by Crippen LogP contribution is -2.17. The highest BCUT2D eigenvalue weighted by molar-refractivity contribution is 6.55. The number of amides is 1. The van der Waals surface area contributed by atoms with E-state index < -0.39 is 0 Å².